The number of rotatable bonds is 14. The zero-order valence-corrected chi connectivity index (χ0v) is 26.8. The number of halogens is 4. The molecule has 10 heteroatoms. The standard InChI is InChI=1S/C34H39F2N3O3.2ClH/c1-4-24-7-5-8-25(13-24)19-37-20-33(40)32(17-26-15-29(35)18-30(36)16-26)38-34(41)28-12-23(2)11-27(14-28)21-39(3)22-31-9-6-10-42-31;;/h5-16,18,32-33,37,40H,4,17,19-22H2,1-3H3,(H,38,41);2*1H/t32-,33+;;/m0../s1. The van der Waals surface area contributed by atoms with Crippen LogP contribution in [-0.4, -0.2) is 41.7 Å². The molecule has 0 saturated heterocycles. The Kier molecular flexibility index (Phi) is 15.0. The molecule has 1 amide bonds. The lowest BCUT2D eigenvalue weighted by atomic mass is 9.99. The van der Waals surface area contributed by atoms with Crippen LogP contribution < -0.4 is 10.6 Å². The molecule has 1 aromatic heterocycles. The molecule has 3 aromatic carbocycles. The number of hydrogen-bond donors (Lipinski definition) is 3. The Labute approximate surface area is 270 Å². The smallest absolute Gasteiger partial charge is 0.251 e. The fourth-order valence-corrected chi connectivity index (χ4v) is 5.10. The lowest BCUT2D eigenvalue weighted by Crippen LogP contribution is -2.48. The molecule has 0 saturated carbocycles. The quantitative estimate of drug-likeness (QED) is 0.148. The topological polar surface area (TPSA) is 77.7 Å². The summed E-state index contributed by atoms with van der Waals surface area (Å²) in [4.78, 5) is 15.6. The molecular weight excluding hydrogens is 607 g/mol. The summed E-state index contributed by atoms with van der Waals surface area (Å²) in [6.07, 6.45) is 1.61. The molecule has 3 N–H and O–H groups in total. The summed E-state index contributed by atoms with van der Waals surface area (Å²) in [5.41, 5.74) is 4.97. The fraction of sp³-hybridized carbons (Fsp3) is 0.324. The van der Waals surface area contributed by atoms with E-state index in [0.29, 0.717) is 30.8 Å². The number of amides is 1. The summed E-state index contributed by atoms with van der Waals surface area (Å²) >= 11 is 0. The second kappa shape index (κ2) is 17.9. The minimum Gasteiger partial charge on any atom is -0.468 e. The normalized spacial score (nSPS) is 12.2. The molecule has 2 atom stereocenters. The van der Waals surface area contributed by atoms with Crippen molar-refractivity contribution in [2.45, 2.75) is 58.5 Å². The summed E-state index contributed by atoms with van der Waals surface area (Å²) < 4.78 is 33.4. The van der Waals surface area contributed by atoms with Crippen molar-refractivity contribution < 1.29 is 23.1 Å². The van der Waals surface area contributed by atoms with E-state index in [1.165, 1.54) is 17.7 Å². The first-order chi connectivity index (χ1) is 20.2. The first-order valence-electron chi connectivity index (χ1n) is 14.2. The van der Waals surface area contributed by atoms with Gasteiger partial charge in [0.2, 0.25) is 0 Å². The zero-order valence-electron chi connectivity index (χ0n) is 25.2. The number of nitrogens with zero attached hydrogens (tertiary/aromatic N) is 1. The number of carbonyl (C=O) groups is 1. The SMILES string of the molecule is CCc1cccc(CNC[C@@H](O)[C@H](Cc2cc(F)cc(F)c2)NC(=O)c2cc(C)cc(CN(C)Cc3ccco3)c2)c1.Cl.Cl. The number of aliphatic hydroxyl groups is 1. The number of carbonyl (C=O) groups excluding carboxylic acids is 1. The van der Waals surface area contributed by atoms with E-state index in [4.69, 9.17) is 4.42 Å². The molecule has 1 heterocycles. The van der Waals surface area contributed by atoms with Crippen molar-refractivity contribution in [1.82, 2.24) is 15.5 Å². The highest BCUT2D eigenvalue weighted by Crippen LogP contribution is 2.16. The third-order valence-electron chi connectivity index (χ3n) is 7.10. The van der Waals surface area contributed by atoms with Gasteiger partial charge in [0.05, 0.1) is 25.0 Å². The average molecular weight is 649 g/mol. The second-order valence-corrected chi connectivity index (χ2v) is 10.9. The number of aryl methyl sites for hydroxylation is 2. The van der Waals surface area contributed by atoms with E-state index in [-0.39, 0.29) is 43.7 Å². The summed E-state index contributed by atoms with van der Waals surface area (Å²) in [6, 6.07) is 20.0. The van der Waals surface area contributed by atoms with E-state index in [1.807, 2.05) is 50.4 Å². The highest BCUT2D eigenvalue weighted by Gasteiger charge is 2.23. The van der Waals surface area contributed by atoms with Gasteiger partial charge in [-0.1, -0.05) is 42.8 Å². The van der Waals surface area contributed by atoms with Gasteiger partial charge in [0.15, 0.2) is 0 Å². The first-order valence-corrected chi connectivity index (χ1v) is 14.2. The van der Waals surface area contributed by atoms with E-state index >= 15 is 0 Å². The highest BCUT2D eigenvalue weighted by molar-refractivity contribution is 5.94. The molecule has 238 valence electrons. The molecule has 0 spiro atoms. The van der Waals surface area contributed by atoms with Gasteiger partial charge in [-0.2, -0.15) is 0 Å². The van der Waals surface area contributed by atoms with Crippen LogP contribution in [0.1, 0.15) is 50.9 Å². The number of benzene rings is 3. The van der Waals surface area contributed by atoms with Crippen LogP contribution in [-0.2, 0) is 32.5 Å². The average Bonchev–Trinajstić information content (AvgIpc) is 3.44. The van der Waals surface area contributed by atoms with Gasteiger partial charge in [-0.05, 0) is 85.5 Å². The predicted octanol–water partition coefficient (Wildman–Crippen LogP) is 6.40. The molecule has 0 unspecified atom stereocenters. The Hall–Kier alpha value is -3.27. The maximum absolute atomic E-state index is 14.0. The summed E-state index contributed by atoms with van der Waals surface area (Å²) in [7, 11) is 1.97. The van der Waals surface area contributed by atoms with E-state index < -0.39 is 23.8 Å². The Morgan fingerprint density at radius 2 is 1.64 bits per heavy atom. The molecule has 0 aliphatic carbocycles. The van der Waals surface area contributed by atoms with Crippen LogP contribution in [0.25, 0.3) is 0 Å². The Morgan fingerprint density at radius 3 is 2.32 bits per heavy atom. The number of hydrogen-bond acceptors (Lipinski definition) is 5. The maximum Gasteiger partial charge on any atom is 0.251 e. The zero-order chi connectivity index (χ0) is 30.1. The monoisotopic (exact) mass is 647 g/mol. The molecule has 0 aliphatic rings. The van der Waals surface area contributed by atoms with Crippen LogP contribution in [0.15, 0.2) is 83.5 Å². The number of furan rings is 1. The van der Waals surface area contributed by atoms with Gasteiger partial charge in [-0.15, -0.1) is 24.8 Å². The lowest BCUT2D eigenvalue weighted by Gasteiger charge is -2.25. The number of nitrogens with one attached hydrogen (secondary N) is 2. The molecule has 0 fully saturated rings. The molecule has 0 bridgehead atoms. The Morgan fingerprint density at radius 1 is 0.909 bits per heavy atom. The fourth-order valence-electron chi connectivity index (χ4n) is 5.10. The largest absolute Gasteiger partial charge is 0.468 e. The third-order valence-corrected chi connectivity index (χ3v) is 7.10. The molecule has 0 radical (unpaired) electrons. The Bertz CT molecular complexity index is 1450. The minimum absolute atomic E-state index is 0. The van der Waals surface area contributed by atoms with Crippen LogP contribution in [0.5, 0.6) is 0 Å². The van der Waals surface area contributed by atoms with Gasteiger partial charge in [0.1, 0.15) is 17.4 Å². The summed E-state index contributed by atoms with van der Waals surface area (Å²) in [5, 5.41) is 17.3. The Balaban J connectivity index is 0.00000337. The van der Waals surface area contributed by atoms with Crippen molar-refractivity contribution in [3.05, 3.63) is 130 Å². The maximum atomic E-state index is 14.0. The van der Waals surface area contributed by atoms with Crippen molar-refractivity contribution >= 4 is 30.7 Å². The van der Waals surface area contributed by atoms with E-state index in [9.17, 15) is 18.7 Å². The highest BCUT2D eigenvalue weighted by atomic mass is 35.5. The second-order valence-electron chi connectivity index (χ2n) is 10.9. The van der Waals surface area contributed by atoms with Gasteiger partial charge in [-0.3, -0.25) is 9.69 Å². The predicted molar refractivity (Wildman–Crippen MR) is 174 cm³/mol. The van der Waals surface area contributed by atoms with Crippen LogP contribution in [0.3, 0.4) is 0 Å². The summed E-state index contributed by atoms with van der Waals surface area (Å²) in [6.45, 7) is 5.95. The van der Waals surface area contributed by atoms with Crippen molar-refractivity contribution in [2.75, 3.05) is 13.6 Å². The van der Waals surface area contributed by atoms with Gasteiger partial charge in [0.25, 0.3) is 5.91 Å². The van der Waals surface area contributed by atoms with Crippen molar-refractivity contribution in [3.8, 4) is 0 Å². The molecule has 6 nitrogen and oxygen atoms in total. The molecule has 4 rings (SSSR count). The number of aliphatic hydroxyl groups excluding tert-OH is 1. The third kappa shape index (κ3) is 11.3. The van der Waals surface area contributed by atoms with Crippen LogP contribution in [0.2, 0.25) is 0 Å². The van der Waals surface area contributed by atoms with Gasteiger partial charge >= 0.3 is 0 Å². The minimum atomic E-state index is -1.02. The van der Waals surface area contributed by atoms with Gasteiger partial charge in [-0.25, -0.2) is 8.78 Å². The van der Waals surface area contributed by atoms with E-state index in [0.717, 1.165) is 34.9 Å². The van der Waals surface area contributed by atoms with E-state index in [1.54, 1.807) is 12.3 Å². The van der Waals surface area contributed by atoms with E-state index in [2.05, 4.69) is 34.6 Å². The van der Waals surface area contributed by atoms with Gasteiger partial charge < -0.3 is 20.2 Å². The molecule has 4 aromatic rings. The first kappa shape index (κ1) is 36.9. The van der Waals surface area contributed by atoms with Crippen LogP contribution >= 0.6 is 24.8 Å². The van der Waals surface area contributed by atoms with Crippen molar-refractivity contribution in [2.24, 2.45) is 0 Å². The van der Waals surface area contributed by atoms with Gasteiger partial charge in [0, 0.05) is 31.3 Å². The van der Waals surface area contributed by atoms with Crippen molar-refractivity contribution in [1.29, 1.82) is 0 Å². The molecule has 0 aliphatic heterocycles. The van der Waals surface area contributed by atoms with Crippen molar-refractivity contribution in [3.63, 3.8) is 0 Å². The lowest BCUT2D eigenvalue weighted by molar-refractivity contribution is 0.0829. The van der Waals surface area contributed by atoms with Crippen LogP contribution in [0, 0.1) is 18.6 Å². The molecule has 44 heavy (non-hydrogen) atoms. The summed E-state index contributed by atoms with van der Waals surface area (Å²) in [5.74, 6) is -0.938. The molecular formula is C34H41Cl2F2N3O3. The van der Waals surface area contributed by atoms with Crippen LogP contribution in [0.4, 0.5) is 8.78 Å².